The van der Waals surface area contributed by atoms with Crippen LogP contribution < -0.4 is 10.5 Å². The number of ether oxygens (including phenoxy) is 1. The number of hydrogen-bond acceptors (Lipinski definition) is 4. The Morgan fingerprint density at radius 2 is 2.10 bits per heavy atom. The molecular formula is C14H18N2O3S. The molecule has 0 spiro atoms. The molecule has 1 heterocycles. The van der Waals surface area contributed by atoms with Gasteiger partial charge in [-0.1, -0.05) is 11.8 Å². The molecule has 1 unspecified atom stereocenters. The number of nitrogens with one attached hydrogen (secondary N) is 1. The molecule has 1 aliphatic heterocycles. The molecule has 1 atom stereocenters. The fourth-order valence-electron chi connectivity index (χ4n) is 1.96. The molecule has 0 bridgehead atoms. The van der Waals surface area contributed by atoms with Crippen LogP contribution in [0.3, 0.4) is 0 Å². The molecule has 5 nitrogen and oxygen atoms in total. The van der Waals surface area contributed by atoms with E-state index in [0.717, 1.165) is 18.4 Å². The summed E-state index contributed by atoms with van der Waals surface area (Å²) in [4.78, 5) is 0.230. The van der Waals surface area contributed by atoms with Crippen molar-refractivity contribution in [2.75, 3.05) is 19.7 Å². The van der Waals surface area contributed by atoms with E-state index in [2.05, 4.69) is 16.6 Å². The van der Waals surface area contributed by atoms with Gasteiger partial charge in [0.25, 0.3) is 0 Å². The average Bonchev–Trinajstić information content (AvgIpc) is 2.97. The van der Waals surface area contributed by atoms with Crippen LogP contribution in [0.1, 0.15) is 18.4 Å². The van der Waals surface area contributed by atoms with Crippen LogP contribution in [-0.2, 0) is 14.8 Å². The van der Waals surface area contributed by atoms with Gasteiger partial charge >= 0.3 is 0 Å². The average molecular weight is 294 g/mol. The molecule has 108 valence electrons. The zero-order valence-electron chi connectivity index (χ0n) is 11.1. The first-order valence-electron chi connectivity index (χ1n) is 6.52. The summed E-state index contributed by atoms with van der Waals surface area (Å²) >= 11 is 0. The maximum absolute atomic E-state index is 12.1. The van der Waals surface area contributed by atoms with E-state index in [1.165, 1.54) is 0 Å². The lowest BCUT2D eigenvalue weighted by Gasteiger charge is -2.11. The van der Waals surface area contributed by atoms with E-state index >= 15 is 0 Å². The summed E-state index contributed by atoms with van der Waals surface area (Å²) in [6.07, 6.45) is 1.87. The van der Waals surface area contributed by atoms with Gasteiger partial charge in [-0.15, -0.1) is 0 Å². The molecule has 20 heavy (non-hydrogen) atoms. The third kappa shape index (κ3) is 4.05. The minimum Gasteiger partial charge on any atom is -0.377 e. The minimum absolute atomic E-state index is 0.0144. The van der Waals surface area contributed by atoms with Crippen molar-refractivity contribution >= 4 is 10.0 Å². The molecule has 0 amide bonds. The molecule has 0 saturated carbocycles. The lowest BCUT2D eigenvalue weighted by atomic mass is 10.2. The summed E-state index contributed by atoms with van der Waals surface area (Å²) in [6, 6.07) is 6.42. The standard InChI is InChI=1S/C14H18N2O3S/c15-9-1-3-12-5-7-14(8-6-12)20(17,18)16-11-13-4-2-10-19-13/h5-8,13,16H,2,4,9-11,15H2. The van der Waals surface area contributed by atoms with Crippen molar-refractivity contribution in [1.82, 2.24) is 4.72 Å². The molecule has 0 aromatic heterocycles. The van der Waals surface area contributed by atoms with Crippen molar-refractivity contribution in [3.8, 4) is 11.8 Å². The van der Waals surface area contributed by atoms with Crippen molar-refractivity contribution in [1.29, 1.82) is 0 Å². The van der Waals surface area contributed by atoms with E-state index < -0.39 is 10.0 Å². The quantitative estimate of drug-likeness (QED) is 0.790. The van der Waals surface area contributed by atoms with E-state index in [1.54, 1.807) is 24.3 Å². The Kier molecular flexibility index (Phi) is 5.15. The number of rotatable bonds is 4. The fourth-order valence-corrected chi connectivity index (χ4v) is 3.03. The molecule has 1 fully saturated rings. The Morgan fingerprint density at radius 3 is 2.70 bits per heavy atom. The summed E-state index contributed by atoms with van der Waals surface area (Å²) in [5.74, 6) is 5.57. The normalized spacial score (nSPS) is 18.6. The second-order valence-electron chi connectivity index (χ2n) is 4.52. The van der Waals surface area contributed by atoms with Crippen LogP contribution >= 0.6 is 0 Å². The Bertz CT molecular complexity index is 594. The zero-order valence-corrected chi connectivity index (χ0v) is 11.9. The summed E-state index contributed by atoms with van der Waals surface area (Å²) in [5, 5.41) is 0. The molecule has 0 radical (unpaired) electrons. The first-order valence-corrected chi connectivity index (χ1v) is 8.00. The van der Waals surface area contributed by atoms with Gasteiger partial charge in [-0.3, -0.25) is 0 Å². The predicted octanol–water partition coefficient (Wildman–Crippen LogP) is 0.454. The molecule has 0 aliphatic carbocycles. The van der Waals surface area contributed by atoms with Gasteiger partial charge in [0.05, 0.1) is 17.5 Å². The summed E-state index contributed by atoms with van der Waals surface area (Å²) in [7, 11) is -3.49. The molecular weight excluding hydrogens is 276 g/mol. The minimum atomic E-state index is -3.49. The van der Waals surface area contributed by atoms with Gasteiger partial charge in [0.2, 0.25) is 10.0 Å². The topological polar surface area (TPSA) is 81.4 Å². The predicted molar refractivity (Wildman–Crippen MR) is 76.5 cm³/mol. The third-order valence-electron chi connectivity index (χ3n) is 3.02. The van der Waals surface area contributed by atoms with E-state index in [9.17, 15) is 8.42 Å². The van der Waals surface area contributed by atoms with E-state index in [0.29, 0.717) is 13.2 Å². The maximum Gasteiger partial charge on any atom is 0.240 e. The van der Waals surface area contributed by atoms with Crippen molar-refractivity contribution in [3.05, 3.63) is 29.8 Å². The fraction of sp³-hybridized carbons (Fsp3) is 0.429. The van der Waals surface area contributed by atoms with E-state index in [4.69, 9.17) is 10.5 Å². The van der Waals surface area contributed by atoms with Gasteiger partial charge < -0.3 is 10.5 Å². The smallest absolute Gasteiger partial charge is 0.240 e. The Labute approximate surface area is 119 Å². The van der Waals surface area contributed by atoms with Crippen LogP contribution in [0.25, 0.3) is 0 Å². The van der Waals surface area contributed by atoms with Gasteiger partial charge in [0.1, 0.15) is 0 Å². The second kappa shape index (κ2) is 6.86. The van der Waals surface area contributed by atoms with Crippen molar-refractivity contribution in [2.24, 2.45) is 5.73 Å². The van der Waals surface area contributed by atoms with Gasteiger partial charge in [0.15, 0.2) is 0 Å². The van der Waals surface area contributed by atoms with Crippen molar-refractivity contribution in [2.45, 2.75) is 23.8 Å². The molecule has 3 N–H and O–H groups in total. The van der Waals surface area contributed by atoms with Crippen LogP contribution in [0.15, 0.2) is 29.2 Å². The Hall–Kier alpha value is -1.39. The maximum atomic E-state index is 12.1. The van der Waals surface area contributed by atoms with Gasteiger partial charge in [0, 0.05) is 18.7 Å². The molecule has 1 aromatic carbocycles. The molecule has 1 aliphatic rings. The van der Waals surface area contributed by atoms with Crippen LogP contribution in [0.5, 0.6) is 0 Å². The highest BCUT2D eigenvalue weighted by Crippen LogP contribution is 2.13. The van der Waals surface area contributed by atoms with Crippen molar-refractivity contribution in [3.63, 3.8) is 0 Å². The molecule has 1 saturated heterocycles. The Balaban J connectivity index is 2.01. The number of benzene rings is 1. The lowest BCUT2D eigenvalue weighted by molar-refractivity contribution is 0.114. The highest BCUT2D eigenvalue weighted by molar-refractivity contribution is 7.89. The van der Waals surface area contributed by atoms with E-state index in [-0.39, 0.29) is 17.5 Å². The third-order valence-corrected chi connectivity index (χ3v) is 4.46. The van der Waals surface area contributed by atoms with Crippen LogP contribution in [-0.4, -0.2) is 34.2 Å². The largest absolute Gasteiger partial charge is 0.377 e. The van der Waals surface area contributed by atoms with E-state index in [1.807, 2.05) is 0 Å². The molecule has 1 aromatic rings. The second-order valence-corrected chi connectivity index (χ2v) is 6.28. The Morgan fingerprint density at radius 1 is 1.35 bits per heavy atom. The van der Waals surface area contributed by atoms with Crippen LogP contribution in [0.2, 0.25) is 0 Å². The first kappa shape index (κ1) is 15.0. The monoisotopic (exact) mass is 294 g/mol. The number of nitrogens with two attached hydrogens (primary N) is 1. The van der Waals surface area contributed by atoms with Crippen molar-refractivity contribution < 1.29 is 13.2 Å². The van der Waals surface area contributed by atoms with Gasteiger partial charge in [-0.05, 0) is 37.1 Å². The number of sulfonamides is 1. The van der Waals surface area contributed by atoms with Gasteiger partial charge in [-0.2, -0.15) is 0 Å². The SMILES string of the molecule is NCC#Cc1ccc(S(=O)(=O)NCC2CCCO2)cc1. The summed E-state index contributed by atoms with van der Waals surface area (Å²) < 4.78 is 32.1. The highest BCUT2D eigenvalue weighted by Gasteiger charge is 2.19. The summed E-state index contributed by atoms with van der Waals surface area (Å²) in [6.45, 7) is 1.31. The van der Waals surface area contributed by atoms with Crippen LogP contribution in [0, 0.1) is 11.8 Å². The molecule has 6 heteroatoms. The van der Waals surface area contributed by atoms with Crippen LogP contribution in [0.4, 0.5) is 0 Å². The molecule has 2 rings (SSSR count). The zero-order chi connectivity index (χ0) is 14.4. The summed E-state index contributed by atoms with van der Waals surface area (Å²) in [5.41, 5.74) is 6.03. The highest BCUT2D eigenvalue weighted by atomic mass is 32.2. The van der Waals surface area contributed by atoms with Gasteiger partial charge in [-0.25, -0.2) is 13.1 Å². The number of hydrogen-bond donors (Lipinski definition) is 2. The lowest BCUT2D eigenvalue weighted by Crippen LogP contribution is -2.31. The first-order chi connectivity index (χ1) is 9.62.